The molecule has 3 rings (SSSR count). The van der Waals surface area contributed by atoms with Gasteiger partial charge in [0.25, 0.3) is 0 Å². The summed E-state index contributed by atoms with van der Waals surface area (Å²) in [6.07, 6.45) is 13.3. The summed E-state index contributed by atoms with van der Waals surface area (Å²) < 4.78 is 0. The maximum Gasteiger partial charge on any atom is 0.0124 e. The van der Waals surface area contributed by atoms with E-state index in [0.29, 0.717) is 0 Å². The van der Waals surface area contributed by atoms with E-state index in [-0.39, 0.29) is 12.4 Å². The Labute approximate surface area is 125 Å². The summed E-state index contributed by atoms with van der Waals surface area (Å²) in [7, 11) is 0. The summed E-state index contributed by atoms with van der Waals surface area (Å²) in [4.78, 5) is 2.86. The van der Waals surface area contributed by atoms with Crippen molar-refractivity contribution in [3.8, 4) is 0 Å². The van der Waals surface area contributed by atoms with E-state index in [9.17, 15) is 0 Å². The number of rotatable bonds is 4. The lowest BCUT2D eigenvalue weighted by Crippen LogP contribution is -2.37. The topological polar surface area (TPSA) is 15.3 Å². The standard InChI is InChI=1S/C16H30N2.ClH/c1-2-5-15(4-1)16-6-3-12-18(16)13-9-14-7-10-17-11-8-14;/h14-17H,1-13H2;1H. The zero-order chi connectivity index (χ0) is 12.2. The predicted molar refractivity (Wildman–Crippen MR) is 84.0 cm³/mol. The second kappa shape index (κ2) is 7.85. The third kappa shape index (κ3) is 4.09. The van der Waals surface area contributed by atoms with Crippen LogP contribution in [0.1, 0.15) is 57.8 Å². The zero-order valence-electron chi connectivity index (χ0n) is 12.3. The molecule has 1 atom stereocenters. The molecule has 2 saturated heterocycles. The second-order valence-electron chi connectivity index (χ2n) is 6.77. The van der Waals surface area contributed by atoms with Crippen molar-refractivity contribution in [2.45, 2.75) is 63.8 Å². The summed E-state index contributed by atoms with van der Waals surface area (Å²) in [5.74, 6) is 2.07. The number of hydrogen-bond donors (Lipinski definition) is 1. The average molecular weight is 287 g/mol. The highest BCUT2D eigenvalue weighted by Gasteiger charge is 2.33. The fourth-order valence-electron chi connectivity index (χ4n) is 4.52. The molecule has 0 bridgehead atoms. The lowest BCUT2D eigenvalue weighted by atomic mass is 9.93. The lowest BCUT2D eigenvalue weighted by Gasteiger charge is -2.31. The van der Waals surface area contributed by atoms with E-state index in [1.54, 1.807) is 0 Å². The quantitative estimate of drug-likeness (QED) is 0.851. The van der Waals surface area contributed by atoms with Crippen LogP contribution in [0.15, 0.2) is 0 Å². The number of piperidine rings is 1. The molecule has 1 N–H and O–H groups in total. The normalized spacial score (nSPS) is 30.6. The van der Waals surface area contributed by atoms with Crippen molar-refractivity contribution in [1.82, 2.24) is 10.2 Å². The summed E-state index contributed by atoms with van der Waals surface area (Å²) >= 11 is 0. The molecule has 2 nitrogen and oxygen atoms in total. The summed E-state index contributed by atoms with van der Waals surface area (Å²) in [6, 6.07) is 0.967. The van der Waals surface area contributed by atoms with Crippen LogP contribution in [0.4, 0.5) is 0 Å². The van der Waals surface area contributed by atoms with Gasteiger partial charge in [-0.3, -0.25) is 0 Å². The Hall–Kier alpha value is 0.210. The molecule has 2 aliphatic heterocycles. The molecule has 19 heavy (non-hydrogen) atoms. The molecule has 1 saturated carbocycles. The molecule has 0 aromatic heterocycles. The van der Waals surface area contributed by atoms with E-state index in [2.05, 4.69) is 10.2 Å². The van der Waals surface area contributed by atoms with Crippen molar-refractivity contribution in [3.63, 3.8) is 0 Å². The molecule has 0 spiro atoms. The molecule has 1 aliphatic carbocycles. The number of nitrogens with zero attached hydrogens (tertiary/aromatic N) is 1. The lowest BCUT2D eigenvalue weighted by molar-refractivity contribution is 0.173. The van der Waals surface area contributed by atoms with Gasteiger partial charge in [0.15, 0.2) is 0 Å². The van der Waals surface area contributed by atoms with E-state index in [1.807, 2.05) is 0 Å². The van der Waals surface area contributed by atoms with Gasteiger partial charge >= 0.3 is 0 Å². The van der Waals surface area contributed by atoms with Gasteiger partial charge in [-0.25, -0.2) is 0 Å². The summed E-state index contributed by atoms with van der Waals surface area (Å²) in [5, 5.41) is 3.48. The van der Waals surface area contributed by atoms with Crippen LogP contribution in [-0.4, -0.2) is 37.1 Å². The first-order valence-corrected chi connectivity index (χ1v) is 8.38. The van der Waals surface area contributed by atoms with Crippen LogP contribution in [0.2, 0.25) is 0 Å². The number of likely N-dealkylation sites (tertiary alicyclic amines) is 1. The maximum absolute atomic E-state index is 3.48. The van der Waals surface area contributed by atoms with Crippen LogP contribution >= 0.6 is 12.4 Å². The summed E-state index contributed by atoms with van der Waals surface area (Å²) in [6.45, 7) is 5.31. The Balaban J connectivity index is 0.00000133. The Morgan fingerprint density at radius 3 is 2.37 bits per heavy atom. The van der Waals surface area contributed by atoms with Crippen molar-refractivity contribution in [2.24, 2.45) is 11.8 Å². The second-order valence-corrected chi connectivity index (χ2v) is 6.77. The SMILES string of the molecule is C1CCC(C2CCCN2CCC2CCNCC2)C1.Cl. The van der Waals surface area contributed by atoms with E-state index in [1.165, 1.54) is 84.0 Å². The van der Waals surface area contributed by atoms with Crippen LogP contribution in [0, 0.1) is 11.8 Å². The highest BCUT2D eigenvalue weighted by molar-refractivity contribution is 5.85. The molecule has 112 valence electrons. The van der Waals surface area contributed by atoms with Gasteiger partial charge in [-0.1, -0.05) is 12.8 Å². The van der Waals surface area contributed by atoms with E-state index in [0.717, 1.165) is 17.9 Å². The number of nitrogens with one attached hydrogen (secondary N) is 1. The van der Waals surface area contributed by atoms with Gasteiger partial charge in [0.05, 0.1) is 0 Å². The molecular formula is C16H31ClN2. The molecule has 1 unspecified atom stereocenters. The molecule has 3 heteroatoms. The minimum atomic E-state index is 0. The van der Waals surface area contributed by atoms with Gasteiger partial charge in [-0.05, 0) is 83.0 Å². The molecule has 3 aliphatic rings. The van der Waals surface area contributed by atoms with Crippen molar-refractivity contribution in [2.75, 3.05) is 26.2 Å². The van der Waals surface area contributed by atoms with Crippen molar-refractivity contribution >= 4 is 12.4 Å². The fraction of sp³-hybridized carbons (Fsp3) is 1.00. The Morgan fingerprint density at radius 2 is 1.63 bits per heavy atom. The zero-order valence-corrected chi connectivity index (χ0v) is 13.1. The van der Waals surface area contributed by atoms with Gasteiger partial charge in [0.1, 0.15) is 0 Å². The van der Waals surface area contributed by atoms with Gasteiger partial charge in [0, 0.05) is 6.04 Å². The predicted octanol–water partition coefficient (Wildman–Crippen LogP) is 3.45. The van der Waals surface area contributed by atoms with Crippen molar-refractivity contribution in [1.29, 1.82) is 0 Å². The van der Waals surface area contributed by atoms with Gasteiger partial charge in [-0.15, -0.1) is 12.4 Å². The minimum absolute atomic E-state index is 0. The van der Waals surface area contributed by atoms with Crippen LogP contribution < -0.4 is 5.32 Å². The smallest absolute Gasteiger partial charge is 0.0124 e. The summed E-state index contributed by atoms with van der Waals surface area (Å²) in [5.41, 5.74) is 0. The third-order valence-corrected chi connectivity index (χ3v) is 5.64. The van der Waals surface area contributed by atoms with Gasteiger partial charge in [-0.2, -0.15) is 0 Å². The van der Waals surface area contributed by atoms with Crippen LogP contribution in [0.3, 0.4) is 0 Å². The van der Waals surface area contributed by atoms with Gasteiger partial charge in [0.2, 0.25) is 0 Å². The third-order valence-electron chi connectivity index (χ3n) is 5.64. The van der Waals surface area contributed by atoms with Crippen molar-refractivity contribution < 1.29 is 0 Å². The molecule has 0 amide bonds. The molecule has 0 radical (unpaired) electrons. The molecule has 3 fully saturated rings. The first kappa shape index (κ1) is 15.6. The molecule has 2 heterocycles. The van der Waals surface area contributed by atoms with Crippen LogP contribution in [0.5, 0.6) is 0 Å². The number of hydrogen-bond acceptors (Lipinski definition) is 2. The minimum Gasteiger partial charge on any atom is -0.317 e. The maximum atomic E-state index is 3.48. The van der Waals surface area contributed by atoms with E-state index in [4.69, 9.17) is 0 Å². The Kier molecular flexibility index (Phi) is 6.44. The molecule has 0 aromatic rings. The van der Waals surface area contributed by atoms with Crippen molar-refractivity contribution in [3.05, 3.63) is 0 Å². The Bertz CT molecular complexity index is 247. The van der Waals surface area contributed by atoms with E-state index >= 15 is 0 Å². The molecular weight excluding hydrogens is 256 g/mol. The van der Waals surface area contributed by atoms with Crippen LogP contribution in [0.25, 0.3) is 0 Å². The number of halogens is 1. The highest BCUT2D eigenvalue weighted by atomic mass is 35.5. The van der Waals surface area contributed by atoms with Gasteiger partial charge < -0.3 is 10.2 Å². The first-order chi connectivity index (χ1) is 8.93. The van der Waals surface area contributed by atoms with Crippen LogP contribution in [-0.2, 0) is 0 Å². The first-order valence-electron chi connectivity index (χ1n) is 8.38. The largest absolute Gasteiger partial charge is 0.317 e. The van der Waals surface area contributed by atoms with E-state index < -0.39 is 0 Å². The molecule has 0 aromatic carbocycles. The fourth-order valence-corrected chi connectivity index (χ4v) is 4.52. The average Bonchev–Trinajstić information content (AvgIpc) is 3.08. The Morgan fingerprint density at radius 1 is 0.895 bits per heavy atom. The monoisotopic (exact) mass is 286 g/mol. The highest BCUT2D eigenvalue weighted by Crippen LogP contribution is 2.35.